The van der Waals surface area contributed by atoms with Crippen molar-refractivity contribution in [2.24, 2.45) is 0 Å². The van der Waals surface area contributed by atoms with Crippen LogP contribution in [-0.4, -0.2) is 20.7 Å². The summed E-state index contributed by atoms with van der Waals surface area (Å²) >= 11 is 0. The molecule has 1 rings (SSSR count). The molecule has 0 heterocycles. The lowest BCUT2D eigenvalue weighted by Crippen LogP contribution is -2.08. The Hall–Kier alpha value is -1.44. The van der Waals surface area contributed by atoms with Crippen LogP contribution in [0.4, 0.5) is 5.69 Å². The Bertz CT molecular complexity index is 301. The number of hydrogen-bond acceptors (Lipinski definition) is 2. The van der Waals surface area contributed by atoms with Crippen LogP contribution in [0.2, 0.25) is 0 Å². The zero-order valence-electron chi connectivity index (χ0n) is 9.08. The van der Waals surface area contributed by atoms with Gasteiger partial charge in [0.15, 0.2) is 0 Å². The van der Waals surface area contributed by atoms with Crippen molar-refractivity contribution < 1.29 is 4.74 Å². The summed E-state index contributed by atoms with van der Waals surface area (Å²) in [4.78, 5) is 2.06. The molecule has 0 fully saturated rings. The minimum atomic E-state index is 0.661. The van der Waals surface area contributed by atoms with Gasteiger partial charge in [0.05, 0.1) is 6.61 Å². The maximum absolute atomic E-state index is 5.32. The SMILES string of the molecule is C=C(OCC)c1ccc(N(C)C)cc1. The van der Waals surface area contributed by atoms with Crippen LogP contribution in [0, 0.1) is 0 Å². The molecule has 0 bridgehead atoms. The second-order valence-electron chi connectivity index (χ2n) is 3.30. The van der Waals surface area contributed by atoms with Crippen LogP contribution in [0.25, 0.3) is 5.76 Å². The molecule has 2 heteroatoms. The lowest BCUT2D eigenvalue weighted by Gasteiger charge is -2.13. The average molecular weight is 191 g/mol. The van der Waals surface area contributed by atoms with E-state index in [4.69, 9.17) is 4.74 Å². The second-order valence-corrected chi connectivity index (χ2v) is 3.30. The van der Waals surface area contributed by atoms with E-state index in [1.807, 2.05) is 33.2 Å². The molecule has 0 N–H and O–H groups in total. The third kappa shape index (κ3) is 2.52. The molecular weight excluding hydrogens is 174 g/mol. The highest BCUT2D eigenvalue weighted by Gasteiger charge is 1.99. The third-order valence-electron chi connectivity index (χ3n) is 2.02. The van der Waals surface area contributed by atoms with Crippen molar-refractivity contribution in [1.82, 2.24) is 0 Å². The molecule has 0 radical (unpaired) electrons. The summed E-state index contributed by atoms with van der Waals surface area (Å²) in [5, 5.41) is 0. The standard InChI is InChI=1S/C12H17NO/c1-5-14-10(2)11-6-8-12(9-7-11)13(3)4/h6-9H,2,5H2,1,3-4H3. The van der Waals surface area contributed by atoms with Gasteiger partial charge in [0.2, 0.25) is 0 Å². The largest absolute Gasteiger partial charge is 0.494 e. The van der Waals surface area contributed by atoms with Gasteiger partial charge < -0.3 is 9.64 Å². The van der Waals surface area contributed by atoms with Crippen LogP contribution in [0.15, 0.2) is 30.8 Å². The molecule has 76 valence electrons. The fourth-order valence-corrected chi connectivity index (χ4v) is 1.20. The monoisotopic (exact) mass is 191 g/mol. The highest BCUT2D eigenvalue weighted by atomic mass is 16.5. The van der Waals surface area contributed by atoms with E-state index in [0.717, 1.165) is 11.3 Å². The lowest BCUT2D eigenvalue weighted by molar-refractivity contribution is 0.299. The topological polar surface area (TPSA) is 12.5 Å². The average Bonchev–Trinajstić information content (AvgIpc) is 2.18. The number of anilines is 1. The predicted octanol–water partition coefficient (Wildman–Crippen LogP) is 2.76. The van der Waals surface area contributed by atoms with Crippen molar-refractivity contribution in [3.63, 3.8) is 0 Å². The molecule has 0 aromatic heterocycles. The van der Waals surface area contributed by atoms with Gasteiger partial charge in [0, 0.05) is 25.3 Å². The maximum Gasteiger partial charge on any atom is 0.119 e. The smallest absolute Gasteiger partial charge is 0.119 e. The van der Waals surface area contributed by atoms with Gasteiger partial charge in [0.25, 0.3) is 0 Å². The van der Waals surface area contributed by atoms with Gasteiger partial charge in [0.1, 0.15) is 5.76 Å². The van der Waals surface area contributed by atoms with Crippen LogP contribution in [0.5, 0.6) is 0 Å². The van der Waals surface area contributed by atoms with Crippen LogP contribution in [0.1, 0.15) is 12.5 Å². The van der Waals surface area contributed by atoms with Crippen molar-refractivity contribution in [3.8, 4) is 0 Å². The van der Waals surface area contributed by atoms with E-state index >= 15 is 0 Å². The number of nitrogens with zero attached hydrogens (tertiary/aromatic N) is 1. The van der Waals surface area contributed by atoms with Crippen LogP contribution in [0.3, 0.4) is 0 Å². The van der Waals surface area contributed by atoms with Crippen molar-refractivity contribution in [3.05, 3.63) is 36.4 Å². The quantitative estimate of drug-likeness (QED) is 0.678. The Kier molecular flexibility index (Phi) is 3.57. The fraction of sp³-hybridized carbons (Fsp3) is 0.333. The summed E-state index contributed by atoms with van der Waals surface area (Å²) in [6.07, 6.45) is 0. The molecular formula is C12H17NO. The summed E-state index contributed by atoms with van der Waals surface area (Å²) in [7, 11) is 4.04. The summed E-state index contributed by atoms with van der Waals surface area (Å²) < 4.78 is 5.32. The highest BCUT2D eigenvalue weighted by molar-refractivity contribution is 5.60. The van der Waals surface area contributed by atoms with E-state index in [2.05, 4.69) is 23.6 Å². The van der Waals surface area contributed by atoms with Crippen molar-refractivity contribution in [1.29, 1.82) is 0 Å². The molecule has 1 aromatic rings. The lowest BCUT2D eigenvalue weighted by atomic mass is 10.2. The second kappa shape index (κ2) is 4.70. The van der Waals surface area contributed by atoms with Crippen molar-refractivity contribution >= 4 is 11.4 Å². The van der Waals surface area contributed by atoms with Crippen LogP contribution >= 0.6 is 0 Å². The molecule has 2 nitrogen and oxygen atoms in total. The Morgan fingerprint density at radius 2 is 1.86 bits per heavy atom. The first-order valence-electron chi connectivity index (χ1n) is 4.74. The summed E-state index contributed by atoms with van der Waals surface area (Å²) in [5.74, 6) is 0.734. The Morgan fingerprint density at radius 3 is 2.29 bits per heavy atom. The molecule has 0 atom stereocenters. The number of rotatable bonds is 4. The summed E-state index contributed by atoms with van der Waals surface area (Å²) in [5.41, 5.74) is 2.22. The Balaban J connectivity index is 2.78. The first-order valence-corrected chi connectivity index (χ1v) is 4.74. The zero-order valence-corrected chi connectivity index (χ0v) is 9.08. The van der Waals surface area contributed by atoms with Crippen molar-refractivity contribution in [2.45, 2.75) is 6.92 Å². The van der Waals surface area contributed by atoms with Gasteiger partial charge >= 0.3 is 0 Å². The molecule has 0 aliphatic heterocycles. The van der Waals surface area contributed by atoms with Crippen LogP contribution < -0.4 is 4.90 Å². The molecule has 14 heavy (non-hydrogen) atoms. The van der Waals surface area contributed by atoms with E-state index in [0.29, 0.717) is 6.61 Å². The van der Waals surface area contributed by atoms with Gasteiger partial charge in [-0.25, -0.2) is 0 Å². The zero-order chi connectivity index (χ0) is 10.6. The molecule has 1 aromatic carbocycles. The normalized spacial score (nSPS) is 9.64. The van der Waals surface area contributed by atoms with E-state index in [-0.39, 0.29) is 0 Å². The molecule has 0 amide bonds. The van der Waals surface area contributed by atoms with E-state index in [1.165, 1.54) is 5.69 Å². The predicted molar refractivity (Wildman–Crippen MR) is 61.4 cm³/mol. The van der Waals surface area contributed by atoms with Gasteiger partial charge in [-0.05, 0) is 31.2 Å². The molecule has 0 aliphatic carbocycles. The first-order chi connectivity index (χ1) is 6.65. The Morgan fingerprint density at radius 1 is 1.29 bits per heavy atom. The first kappa shape index (κ1) is 10.6. The van der Waals surface area contributed by atoms with Gasteiger partial charge in [-0.1, -0.05) is 6.58 Å². The highest BCUT2D eigenvalue weighted by Crippen LogP contribution is 2.18. The third-order valence-corrected chi connectivity index (χ3v) is 2.02. The summed E-state index contributed by atoms with van der Waals surface area (Å²) in [6, 6.07) is 8.15. The van der Waals surface area contributed by atoms with E-state index in [9.17, 15) is 0 Å². The number of benzene rings is 1. The molecule has 0 unspecified atom stereocenters. The van der Waals surface area contributed by atoms with Crippen molar-refractivity contribution in [2.75, 3.05) is 25.6 Å². The Labute approximate surface area is 85.8 Å². The maximum atomic E-state index is 5.32. The molecule has 0 saturated carbocycles. The van der Waals surface area contributed by atoms with Gasteiger partial charge in [-0.2, -0.15) is 0 Å². The minimum absolute atomic E-state index is 0.661. The molecule has 0 aliphatic rings. The number of ether oxygens (including phenoxy) is 1. The fourth-order valence-electron chi connectivity index (χ4n) is 1.20. The van der Waals surface area contributed by atoms with Crippen LogP contribution in [-0.2, 0) is 4.74 Å². The summed E-state index contributed by atoms with van der Waals surface area (Å²) in [6.45, 7) is 6.47. The molecule has 0 spiro atoms. The van der Waals surface area contributed by atoms with E-state index < -0.39 is 0 Å². The van der Waals surface area contributed by atoms with Gasteiger partial charge in [-0.15, -0.1) is 0 Å². The van der Waals surface area contributed by atoms with E-state index in [1.54, 1.807) is 0 Å². The minimum Gasteiger partial charge on any atom is -0.494 e. The number of hydrogen-bond donors (Lipinski definition) is 0. The molecule has 0 saturated heterocycles. The van der Waals surface area contributed by atoms with Gasteiger partial charge in [-0.3, -0.25) is 0 Å².